The van der Waals surface area contributed by atoms with E-state index in [1.165, 1.54) is 0 Å². The molecule has 0 bridgehead atoms. The van der Waals surface area contributed by atoms with Crippen LogP contribution >= 0.6 is 0 Å². The van der Waals surface area contributed by atoms with E-state index in [4.69, 9.17) is 0 Å². The molecule has 0 aliphatic carbocycles. The Hall–Kier alpha value is 0.566. The SMILES string of the molecule is CCC[CH2][Ga]([F])[CH2]CCC. The minimum absolute atomic E-state index is 0.962. The Labute approximate surface area is 69.8 Å². The van der Waals surface area contributed by atoms with Gasteiger partial charge in [0, 0.05) is 0 Å². The first-order valence-electron chi connectivity index (χ1n) is 4.45. The van der Waals surface area contributed by atoms with E-state index in [9.17, 15) is 3.29 Å². The van der Waals surface area contributed by atoms with Crippen molar-refractivity contribution < 1.29 is 3.29 Å². The number of halogens is 1. The van der Waals surface area contributed by atoms with Gasteiger partial charge in [0.25, 0.3) is 0 Å². The van der Waals surface area contributed by atoms with Gasteiger partial charge in [-0.3, -0.25) is 0 Å². The molecule has 0 atom stereocenters. The fraction of sp³-hybridized carbons (Fsp3) is 1.00. The maximum atomic E-state index is 13.0. The number of hydrogen-bond donors (Lipinski definition) is 0. The van der Waals surface area contributed by atoms with E-state index >= 15 is 0 Å². The number of rotatable bonds is 6. The second kappa shape index (κ2) is 7.67. The molecule has 0 amide bonds. The molecule has 0 aliphatic rings. The zero-order valence-electron chi connectivity index (χ0n) is 7.20. The zero-order valence-corrected chi connectivity index (χ0v) is 9.62. The van der Waals surface area contributed by atoms with E-state index in [1.54, 1.807) is 0 Å². The van der Waals surface area contributed by atoms with Gasteiger partial charge in [0.2, 0.25) is 0 Å². The molecule has 0 aliphatic heterocycles. The molecule has 0 saturated heterocycles. The fourth-order valence-corrected chi connectivity index (χ4v) is 5.17. The zero-order chi connectivity index (χ0) is 7.82. The second-order valence-corrected chi connectivity index (χ2v) is 7.81. The van der Waals surface area contributed by atoms with Crippen molar-refractivity contribution in [1.29, 1.82) is 0 Å². The van der Waals surface area contributed by atoms with Gasteiger partial charge in [0.1, 0.15) is 0 Å². The van der Waals surface area contributed by atoms with Crippen LogP contribution in [0.15, 0.2) is 0 Å². The Morgan fingerprint density at radius 1 is 1.00 bits per heavy atom. The molecule has 0 heterocycles. The van der Waals surface area contributed by atoms with Gasteiger partial charge in [-0.2, -0.15) is 0 Å². The van der Waals surface area contributed by atoms with Crippen molar-refractivity contribution in [2.75, 3.05) is 0 Å². The summed E-state index contributed by atoms with van der Waals surface area (Å²) in [7, 11) is 0. The van der Waals surface area contributed by atoms with Gasteiger partial charge >= 0.3 is 69.5 Å². The minimum atomic E-state index is -2.16. The summed E-state index contributed by atoms with van der Waals surface area (Å²) in [5, 5.41) is 0. The number of unbranched alkanes of at least 4 members (excludes halogenated alkanes) is 2. The molecule has 10 heavy (non-hydrogen) atoms. The van der Waals surface area contributed by atoms with Crippen molar-refractivity contribution in [3.8, 4) is 0 Å². The van der Waals surface area contributed by atoms with E-state index in [1.807, 2.05) is 0 Å². The van der Waals surface area contributed by atoms with Crippen LogP contribution in [0.4, 0.5) is 3.29 Å². The summed E-state index contributed by atoms with van der Waals surface area (Å²) < 4.78 is 13.0. The summed E-state index contributed by atoms with van der Waals surface area (Å²) in [6.45, 7) is 4.27. The average molecular weight is 203 g/mol. The maximum absolute atomic E-state index is 13.0. The molecular formula is C8H18FGa. The molecule has 60 valence electrons. The molecule has 0 unspecified atom stereocenters. The van der Waals surface area contributed by atoms with Gasteiger partial charge in [-0.1, -0.05) is 0 Å². The Balaban J connectivity index is 3.00. The van der Waals surface area contributed by atoms with Crippen molar-refractivity contribution in [1.82, 2.24) is 0 Å². The van der Waals surface area contributed by atoms with Crippen molar-refractivity contribution in [3.05, 3.63) is 0 Å². The van der Waals surface area contributed by atoms with Crippen LogP contribution in [0, 0.1) is 0 Å². The van der Waals surface area contributed by atoms with Crippen LogP contribution in [-0.4, -0.2) is 16.7 Å². The van der Waals surface area contributed by atoms with E-state index in [0.29, 0.717) is 0 Å². The molecule has 2 heteroatoms. The molecule has 0 aromatic rings. The summed E-state index contributed by atoms with van der Waals surface area (Å²) in [5.74, 6) is 0. The molecule has 0 fully saturated rings. The van der Waals surface area contributed by atoms with Crippen LogP contribution in [-0.2, 0) is 0 Å². The monoisotopic (exact) mass is 202 g/mol. The van der Waals surface area contributed by atoms with Gasteiger partial charge in [-0.15, -0.1) is 0 Å². The normalized spacial score (nSPS) is 9.90. The summed E-state index contributed by atoms with van der Waals surface area (Å²) >= 11 is -2.16. The van der Waals surface area contributed by atoms with E-state index < -0.39 is 16.7 Å². The average Bonchev–Trinajstić information content (AvgIpc) is 1.97. The molecule has 0 spiro atoms. The summed E-state index contributed by atoms with van der Waals surface area (Å²) in [4.78, 5) is 1.92. The van der Waals surface area contributed by atoms with Crippen molar-refractivity contribution in [3.63, 3.8) is 0 Å². The third-order valence-corrected chi connectivity index (χ3v) is 6.08. The van der Waals surface area contributed by atoms with Crippen LogP contribution in [0.25, 0.3) is 0 Å². The second-order valence-electron chi connectivity index (χ2n) is 2.88. The quantitative estimate of drug-likeness (QED) is 0.579. The van der Waals surface area contributed by atoms with Crippen LogP contribution in [0.5, 0.6) is 0 Å². The first kappa shape index (κ1) is 10.6. The molecule has 0 aromatic heterocycles. The van der Waals surface area contributed by atoms with Gasteiger partial charge in [0.05, 0.1) is 0 Å². The summed E-state index contributed by atoms with van der Waals surface area (Å²) in [6, 6.07) is 0. The van der Waals surface area contributed by atoms with Crippen LogP contribution < -0.4 is 0 Å². The molecule has 0 nitrogen and oxygen atoms in total. The summed E-state index contributed by atoms with van der Waals surface area (Å²) in [5.41, 5.74) is 0. The third kappa shape index (κ3) is 6.68. The Morgan fingerprint density at radius 3 is 1.70 bits per heavy atom. The predicted molar refractivity (Wildman–Crippen MR) is 46.3 cm³/mol. The Morgan fingerprint density at radius 2 is 1.40 bits per heavy atom. The standard InChI is InChI=1S/2C4H9.FH.Ga/c2*1-3-4-2;;/h2*1,3-4H2,2H3;1H;/q;;;+1/p-1. The molecule has 0 aromatic carbocycles. The van der Waals surface area contributed by atoms with Gasteiger partial charge < -0.3 is 0 Å². The molecular weight excluding hydrogens is 185 g/mol. The Bertz CT molecular complexity index is 58.3. The van der Waals surface area contributed by atoms with Crippen LogP contribution in [0.1, 0.15) is 39.5 Å². The third-order valence-electron chi connectivity index (χ3n) is 1.74. The first-order valence-corrected chi connectivity index (χ1v) is 8.79. The fourth-order valence-electron chi connectivity index (χ4n) is 0.996. The van der Waals surface area contributed by atoms with E-state index in [-0.39, 0.29) is 0 Å². The molecule has 0 radical (unpaired) electrons. The molecule has 0 saturated carbocycles. The summed E-state index contributed by atoms with van der Waals surface area (Å²) in [6.07, 6.45) is 4.59. The molecule has 0 N–H and O–H groups in total. The van der Waals surface area contributed by atoms with E-state index in [2.05, 4.69) is 13.8 Å². The Kier molecular flexibility index (Phi) is 8.11. The van der Waals surface area contributed by atoms with E-state index in [0.717, 1.165) is 35.6 Å². The van der Waals surface area contributed by atoms with Crippen LogP contribution in [0.3, 0.4) is 0 Å². The van der Waals surface area contributed by atoms with Gasteiger partial charge in [0.15, 0.2) is 0 Å². The topological polar surface area (TPSA) is 0 Å². The molecule has 0 rings (SSSR count). The van der Waals surface area contributed by atoms with Gasteiger partial charge in [-0.05, 0) is 0 Å². The van der Waals surface area contributed by atoms with Crippen molar-refractivity contribution >= 4 is 16.7 Å². The van der Waals surface area contributed by atoms with Crippen LogP contribution in [0.2, 0.25) is 9.95 Å². The first-order chi connectivity index (χ1) is 4.81. The van der Waals surface area contributed by atoms with Crippen molar-refractivity contribution in [2.24, 2.45) is 0 Å². The number of hydrogen-bond acceptors (Lipinski definition) is 0. The van der Waals surface area contributed by atoms with Crippen molar-refractivity contribution in [2.45, 2.75) is 49.5 Å². The predicted octanol–water partition coefficient (Wildman–Crippen LogP) is 3.55. The van der Waals surface area contributed by atoms with Gasteiger partial charge in [-0.25, -0.2) is 0 Å².